The van der Waals surface area contributed by atoms with Crippen molar-refractivity contribution in [3.05, 3.63) is 0 Å². The first-order valence-corrected chi connectivity index (χ1v) is 25.5. The van der Waals surface area contributed by atoms with Crippen molar-refractivity contribution in [1.29, 1.82) is 0 Å². The molecule has 0 rings (SSSR count). The molecule has 0 heterocycles. The molecule has 0 fully saturated rings. The highest BCUT2D eigenvalue weighted by Gasteiger charge is 2.46. The molecule has 0 unspecified atom stereocenters. The van der Waals surface area contributed by atoms with Crippen molar-refractivity contribution in [3.63, 3.8) is 0 Å². The van der Waals surface area contributed by atoms with Gasteiger partial charge in [-0.05, 0) is 0 Å². The normalized spacial score (nSPS) is 10.3. The lowest BCUT2D eigenvalue weighted by Crippen LogP contribution is -2.70. The van der Waals surface area contributed by atoms with E-state index in [9.17, 15) is 0 Å². The average molecular weight is 444 g/mol. The summed E-state index contributed by atoms with van der Waals surface area (Å²) in [7, 11) is -2.47. The van der Waals surface area contributed by atoms with E-state index in [-0.39, 0.29) is 20.8 Å². The van der Waals surface area contributed by atoms with Gasteiger partial charge in [-0.25, -0.2) is 0 Å². The molecule has 0 aromatic heterocycles. The molecule has 1 radical (unpaired) electrons. The molecule has 5 heteroatoms. The van der Waals surface area contributed by atoms with Crippen LogP contribution in [0.2, 0.25) is 58.9 Å². The van der Waals surface area contributed by atoms with Crippen molar-refractivity contribution >= 4 is 43.6 Å². The Balaban J connectivity index is -0.0000000625. The van der Waals surface area contributed by atoms with Crippen LogP contribution >= 0.6 is 13.5 Å². The van der Waals surface area contributed by atoms with Crippen molar-refractivity contribution in [1.82, 2.24) is 0 Å². The van der Waals surface area contributed by atoms with Gasteiger partial charge in [0.1, 0.15) is 0 Å². The van der Waals surface area contributed by atoms with Crippen LogP contribution in [0, 0.1) is 0 Å². The van der Waals surface area contributed by atoms with Crippen LogP contribution in [0.3, 0.4) is 0 Å². The third-order valence-electron chi connectivity index (χ3n) is 2.25. The summed E-state index contributed by atoms with van der Waals surface area (Å²) in [4.78, 5) is 0. The first kappa shape index (κ1) is 40.8. The van der Waals surface area contributed by atoms with Crippen LogP contribution in [0.15, 0.2) is 0 Å². The molecule has 0 aliphatic rings. The molecule has 0 spiro atoms. The fourth-order valence-electron chi connectivity index (χ4n) is 3.38. The maximum absolute atomic E-state index is 2.61. The Kier molecular flexibility index (Phi) is 37.9. The molecule has 161 valence electrons. The topological polar surface area (TPSA) is 0 Å². The highest BCUT2D eigenvalue weighted by atomic mass is 32.1. The predicted octanol–water partition coefficient (Wildman–Crippen LogP) is 9.12. The van der Waals surface area contributed by atoms with Crippen LogP contribution < -0.4 is 0 Å². The summed E-state index contributed by atoms with van der Waals surface area (Å²) in [5.41, 5.74) is 0. The van der Waals surface area contributed by atoms with Gasteiger partial charge in [-0.15, -0.1) is 0 Å². The lowest BCUT2D eigenvalue weighted by atomic mass is 10.6. The summed E-state index contributed by atoms with van der Waals surface area (Å²) in [6.07, 6.45) is 3.75. The first-order chi connectivity index (χ1) is 10.6. The molecule has 0 atom stereocenters. The monoisotopic (exact) mass is 443 g/mol. The van der Waals surface area contributed by atoms with Gasteiger partial charge in [0.15, 0.2) is 0 Å². The fourth-order valence-corrected chi connectivity index (χ4v) is 91.1. The Hall–Kier alpha value is 1.22. The molecule has 0 nitrogen and oxygen atoms in total. The molecular weight excluding hydrogens is 385 g/mol. The van der Waals surface area contributed by atoms with Crippen LogP contribution in [0.5, 0.6) is 0 Å². The van der Waals surface area contributed by atoms with Gasteiger partial charge in [-0.3, -0.25) is 0 Å². The Morgan fingerprint density at radius 1 is 0.440 bits per heavy atom. The first-order valence-electron chi connectivity index (χ1n) is 10.5. The zero-order valence-corrected chi connectivity index (χ0v) is 26.6. The zero-order valence-electron chi connectivity index (χ0n) is 21.6. The minimum absolute atomic E-state index is 0. The van der Waals surface area contributed by atoms with Gasteiger partial charge in [0.2, 0.25) is 0 Å². The molecule has 0 amide bonds. The second kappa shape index (κ2) is 23.3. The van der Waals surface area contributed by atoms with Crippen molar-refractivity contribution in [3.8, 4) is 0 Å². The van der Waals surface area contributed by atoms with Gasteiger partial charge in [0.05, 0.1) is 0 Å². The van der Waals surface area contributed by atoms with E-state index in [0.717, 1.165) is 0 Å². The van der Waals surface area contributed by atoms with Crippen LogP contribution in [-0.2, 0) is 0 Å². The molecule has 0 aromatic rings. The standard InChI is InChI=1S/C9H27Si4.3C3H8.C2H6.H2S/c1-11(2,3)10(12(4,5)6)13(7,8)9;3*1-3-2;1-2;/h1-9H3;3*3H2,1-2H3;1-2H3;1H2. The summed E-state index contributed by atoms with van der Waals surface area (Å²) in [6, 6.07) is 0. The minimum Gasteiger partial charge on any atom is -0.197 e. The summed E-state index contributed by atoms with van der Waals surface area (Å²) in [5.74, 6) is 0. The summed E-state index contributed by atoms with van der Waals surface area (Å²) < 4.78 is 0. The highest BCUT2D eigenvalue weighted by molar-refractivity contribution is 7.81. The van der Waals surface area contributed by atoms with Gasteiger partial charge in [-0.2, -0.15) is 13.5 Å². The van der Waals surface area contributed by atoms with Gasteiger partial charge >= 0.3 is 0 Å². The zero-order chi connectivity index (χ0) is 21.2. The third-order valence-corrected chi connectivity index (χ3v) is 60.8. The van der Waals surface area contributed by atoms with Crippen molar-refractivity contribution in [2.45, 2.75) is 134 Å². The smallest absolute Gasteiger partial charge is 0.0306 e. The Bertz CT molecular complexity index is 175. The number of hydrogen-bond donors (Lipinski definition) is 0. The van der Waals surface area contributed by atoms with E-state index >= 15 is 0 Å². The molecular formula is C20H59SSi4. The number of hydrogen-bond acceptors (Lipinski definition) is 0. The molecule has 25 heavy (non-hydrogen) atoms. The third kappa shape index (κ3) is 36.8. The van der Waals surface area contributed by atoms with Gasteiger partial charge < -0.3 is 0 Å². The molecule has 0 aliphatic carbocycles. The van der Waals surface area contributed by atoms with Crippen molar-refractivity contribution < 1.29 is 0 Å². The minimum atomic E-state index is -0.832. The van der Waals surface area contributed by atoms with E-state index in [1.807, 2.05) is 13.8 Å². The van der Waals surface area contributed by atoms with E-state index in [1.54, 1.807) is 0 Å². The molecule has 0 aromatic carbocycles. The molecule has 0 aliphatic heterocycles. The highest BCUT2D eigenvalue weighted by Crippen LogP contribution is 2.25. The fraction of sp³-hybridized carbons (Fsp3) is 1.00. The maximum Gasteiger partial charge on any atom is 0.0306 e. The van der Waals surface area contributed by atoms with Crippen LogP contribution in [0.25, 0.3) is 0 Å². The summed E-state index contributed by atoms with van der Waals surface area (Å²) in [5, 5.41) is 0. The number of rotatable bonds is 3. The van der Waals surface area contributed by atoms with Gasteiger partial charge in [0.25, 0.3) is 0 Å². The average Bonchev–Trinajstić information content (AvgIpc) is 2.28. The summed E-state index contributed by atoms with van der Waals surface area (Å²) >= 11 is 0. The lowest BCUT2D eigenvalue weighted by Gasteiger charge is -2.44. The Labute approximate surface area is 176 Å². The second-order valence-corrected chi connectivity index (χ2v) is 46.0. The summed E-state index contributed by atoms with van der Waals surface area (Å²) in [6.45, 7) is 40.2. The van der Waals surface area contributed by atoms with Crippen LogP contribution in [-0.4, -0.2) is 30.1 Å². The van der Waals surface area contributed by atoms with Gasteiger partial charge in [-0.1, -0.05) is 134 Å². The molecule has 0 saturated heterocycles. The van der Waals surface area contributed by atoms with E-state index in [1.165, 1.54) is 19.3 Å². The van der Waals surface area contributed by atoms with E-state index in [4.69, 9.17) is 0 Å². The Morgan fingerprint density at radius 3 is 0.520 bits per heavy atom. The second-order valence-electron chi connectivity index (χ2n) is 9.25. The Morgan fingerprint density at radius 2 is 0.520 bits per heavy atom. The van der Waals surface area contributed by atoms with Crippen molar-refractivity contribution in [2.24, 2.45) is 0 Å². The van der Waals surface area contributed by atoms with Crippen LogP contribution in [0.4, 0.5) is 0 Å². The van der Waals surface area contributed by atoms with Crippen molar-refractivity contribution in [2.75, 3.05) is 0 Å². The predicted molar refractivity (Wildman–Crippen MR) is 145 cm³/mol. The van der Waals surface area contributed by atoms with Crippen LogP contribution in [0.1, 0.15) is 74.7 Å². The van der Waals surface area contributed by atoms with Gasteiger partial charge in [0, 0.05) is 30.1 Å². The molecule has 0 N–H and O–H groups in total. The molecule has 0 saturated carbocycles. The SMILES string of the molecule is CC.CCC.CCC.CCC.C[Si](C)(C)[Si]([Si](C)(C)C)[Si](C)(C)C.S. The van der Waals surface area contributed by atoms with E-state index < -0.39 is 22.8 Å². The largest absolute Gasteiger partial charge is 0.197 e. The molecule has 0 bridgehead atoms. The van der Waals surface area contributed by atoms with E-state index in [0.29, 0.717) is 0 Å². The van der Waals surface area contributed by atoms with E-state index in [2.05, 4.69) is 100 Å². The quantitative estimate of drug-likeness (QED) is 0.381. The maximum atomic E-state index is 2.61. The lowest BCUT2D eigenvalue weighted by molar-refractivity contribution is 1.09.